The average molecular weight is 197 g/mol. The van der Waals surface area contributed by atoms with Crippen LogP contribution < -0.4 is 5.32 Å². The molecule has 0 aromatic heterocycles. The fraction of sp³-hybridized carbons (Fsp3) is 0.800. The maximum absolute atomic E-state index is 11.5. The average Bonchev–Trinajstić information content (AvgIpc) is 2.19. The molecule has 0 aliphatic carbocycles. The number of hydrogen-bond donors (Lipinski definition) is 1. The predicted molar refractivity (Wildman–Crippen MR) is 55.6 cm³/mol. The molecule has 0 saturated heterocycles. The Labute approximate surface area is 85.9 Å². The standard InChI is InChI=1S/C10H19N3O/c1-3-13(9-5-7-11)10(14)6-4-8-12-2/h12H,3-6,8-9H2,1-2H3. The van der Waals surface area contributed by atoms with E-state index in [1.165, 1.54) is 0 Å². The highest BCUT2D eigenvalue weighted by Gasteiger charge is 2.09. The van der Waals surface area contributed by atoms with Crippen molar-refractivity contribution in [3.05, 3.63) is 0 Å². The topological polar surface area (TPSA) is 56.1 Å². The summed E-state index contributed by atoms with van der Waals surface area (Å²) >= 11 is 0. The van der Waals surface area contributed by atoms with Crippen LogP contribution in [0.25, 0.3) is 0 Å². The number of amides is 1. The highest BCUT2D eigenvalue weighted by Crippen LogP contribution is 1.98. The second-order valence-electron chi connectivity index (χ2n) is 3.09. The Morgan fingerprint density at radius 3 is 2.79 bits per heavy atom. The van der Waals surface area contributed by atoms with E-state index in [0.717, 1.165) is 13.0 Å². The van der Waals surface area contributed by atoms with E-state index in [4.69, 9.17) is 5.26 Å². The van der Waals surface area contributed by atoms with Crippen LogP contribution in [-0.4, -0.2) is 37.5 Å². The van der Waals surface area contributed by atoms with E-state index in [2.05, 4.69) is 5.32 Å². The largest absolute Gasteiger partial charge is 0.342 e. The number of hydrogen-bond acceptors (Lipinski definition) is 3. The van der Waals surface area contributed by atoms with Gasteiger partial charge in [-0.2, -0.15) is 5.26 Å². The molecule has 0 saturated carbocycles. The van der Waals surface area contributed by atoms with Crippen LogP contribution in [0.1, 0.15) is 26.2 Å². The maximum atomic E-state index is 11.5. The van der Waals surface area contributed by atoms with Gasteiger partial charge in [-0.25, -0.2) is 0 Å². The van der Waals surface area contributed by atoms with E-state index < -0.39 is 0 Å². The Kier molecular flexibility index (Phi) is 7.86. The van der Waals surface area contributed by atoms with Crippen LogP contribution in [0.2, 0.25) is 0 Å². The lowest BCUT2D eigenvalue weighted by atomic mass is 10.2. The first-order valence-electron chi connectivity index (χ1n) is 5.05. The molecule has 80 valence electrons. The minimum atomic E-state index is 0.151. The van der Waals surface area contributed by atoms with Crippen molar-refractivity contribution < 1.29 is 4.79 Å². The molecule has 1 amide bonds. The Morgan fingerprint density at radius 2 is 2.29 bits per heavy atom. The number of carbonyl (C=O) groups excluding carboxylic acids is 1. The van der Waals surface area contributed by atoms with Gasteiger partial charge in [0.15, 0.2) is 0 Å². The van der Waals surface area contributed by atoms with E-state index >= 15 is 0 Å². The number of nitriles is 1. The van der Waals surface area contributed by atoms with Crippen molar-refractivity contribution in [1.29, 1.82) is 5.26 Å². The first-order chi connectivity index (χ1) is 6.76. The van der Waals surface area contributed by atoms with E-state index in [0.29, 0.717) is 25.9 Å². The molecule has 0 rings (SSSR count). The summed E-state index contributed by atoms with van der Waals surface area (Å²) in [5.74, 6) is 0.151. The summed E-state index contributed by atoms with van der Waals surface area (Å²) in [6, 6.07) is 2.05. The van der Waals surface area contributed by atoms with Gasteiger partial charge in [0, 0.05) is 19.5 Å². The summed E-state index contributed by atoms with van der Waals surface area (Å²) in [4.78, 5) is 13.3. The lowest BCUT2D eigenvalue weighted by Crippen LogP contribution is -2.31. The van der Waals surface area contributed by atoms with Gasteiger partial charge in [-0.3, -0.25) is 4.79 Å². The van der Waals surface area contributed by atoms with E-state index in [-0.39, 0.29) is 5.91 Å². The van der Waals surface area contributed by atoms with Crippen LogP contribution in [0.3, 0.4) is 0 Å². The van der Waals surface area contributed by atoms with Crippen molar-refractivity contribution in [3.8, 4) is 6.07 Å². The predicted octanol–water partition coefficient (Wildman–Crippen LogP) is 0.748. The van der Waals surface area contributed by atoms with Crippen LogP contribution in [0.4, 0.5) is 0 Å². The smallest absolute Gasteiger partial charge is 0.222 e. The van der Waals surface area contributed by atoms with Crippen molar-refractivity contribution in [2.75, 3.05) is 26.7 Å². The van der Waals surface area contributed by atoms with Gasteiger partial charge < -0.3 is 10.2 Å². The molecule has 0 aromatic carbocycles. The number of carbonyl (C=O) groups is 1. The molecule has 0 aliphatic heterocycles. The minimum absolute atomic E-state index is 0.151. The fourth-order valence-corrected chi connectivity index (χ4v) is 1.22. The van der Waals surface area contributed by atoms with Crippen LogP contribution in [-0.2, 0) is 4.79 Å². The third kappa shape index (κ3) is 5.55. The zero-order chi connectivity index (χ0) is 10.8. The van der Waals surface area contributed by atoms with Gasteiger partial charge in [0.05, 0.1) is 12.5 Å². The molecule has 0 spiro atoms. The normalized spacial score (nSPS) is 9.50. The Hall–Kier alpha value is -1.08. The lowest BCUT2D eigenvalue weighted by Gasteiger charge is -2.19. The summed E-state index contributed by atoms with van der Waals surface area (Å²) in [5.41, 5.74) is 0. The zero-order valence-corrected chi connectivity index (χ0v) is 9.05. The van der Waals surface area contributed by atoms with E-state index in [1.54, 1.807) is 4.90 Å². The summed E-state index contributed by atoms with van der Waals surface area (Å²) in [6.07, 6.45) is 1.85. The summed E-state index contributed by atoms with van der Waals surface area (Å²) < 4.78 is 0. The zero-order valence-electron chi connectivity index (χ0n) is 9.05. The van der Waals surface area contributed by atoms with Crippen LogP contribution >= 0.6 is 0 Å². The first-order valence-corrected chi connectivity index (χ1v) is 5.05. The third-order valence-corrected chi connectivity index (χ3v) is 2.05. The van der Waals surface area contributed by atoms with Crippen LogP contribution in [0.5, 0.6) is 0 Å². The number of rotatable bonds is 7. The minimum Gasteiger partial charge on any atom is -0.342 e. The second-order valence-corrected chi connectivity index (χ2v) is 3.09. The molecular formula is C10H19N3O. The van der Waals surface area contributed by atoms with Gasteiger partial charge in [0.1, 0.15) is 0 Å². The summed E-state index contributed by atoms with van der Waals surface area (Å²) in [5, 5.41) is 11.4. The van der Waals surface area contributed by atoms with Crippen molar-refractivity contribution in [1.82, 2.24) is 10.2 Å². The van der Waals surface area contributed by atoms with E-state index in [9.17, 15) is 4.79 Å². The lowest BCUT2D eigenvalue weighted by molar-refractivity contribution is -0.131. The quantitative estimate of drug-likeness (QED) is 0.613. The molecule has 0 aromatic rings. The molecule has 0 fully saturated rings. The number of nitrogens with one attached hydrogen (secondary N) is 1. The highest BCUT2D eigenvalue weighted by molar-refractivity contribution is 5.76. The Balaban J connectivity index is 3.74. The molecule has 1 N–H and O–H groups in total. The molecule has 0 unspecified atom stereocenters. The van der Waals surface area contributed by atoms with Crippen LogP contribution in [0.15, 0.2) is 0 Å². The summed E-state index contributed by atoms with van der Waals surface area (Å²) in [6.45, 7) is 4.06. The highest BCUT2D eigenvalue weighted by atomic mass is 16.2. The van der Waals surface area contributed by atoms with Gasteiger partial charge in [0.25, 0.3) is 0 Å². The second kappa shape index (κ2) is 8.52. The molecule has 0 aliphatic rings. The molecule has 0 radical (unpaired) electrons. The summed E-state index contributed by atoms with van der Waals surface area (Å²) in [7, 11) is 1.87. The number of nitrogens with zero attached hydrogens (tertiary/aromatic N) is 2. The Morgan fingerprint density at radius 1 is 1.57 bits per heavy atom. The van der Waals surface area contributed by atoms with Crippen molar-refractivity contribution in [2.45, 2.75) is 26.2 Å². The maximum Gasteiger partial charge on any atom is 0.222 e. The monoisotopic (exact) mass is 197 g/mol. The molecule has 0 heterocycles. The molecule has 4 heteroatoms. The first kappa shape index (κ1) is 12.9. The SMILES string of the molecule is CCN(CCC#N)C(=O)CCCNC. The van der Waals surface area contributed by atoms with Gasteiger partial charge in [-0.1, -0.05) is 0 Å². The van der Waals surface area contributed by atoms with Gasteiger partial charge in [-0.05, 0) is 26.9 Å². The van der Waals surface area contributed by atoms with Crippen molar-refractivity contribution in [2.24, 2.45) is 0 Å². The molecule has 0 bridgehead atoms. The van der Waals surface area contributed by atoms with E-state index in [1.807, 2.05) is 20.0 Å². The molecular weight excluding hydrogens is 178 g/mol. The molecule has 14 heavy (non-hydrogen) atoms. The van der Waals surface area contributed by atoms with Crippen molar-refractivity contribution >= 4 is 5.91 Å². The van der Waals surface area contributed by atoms with Crippen molar-refractivity contribution in [3.63, 3.8) is 0 Å². The third-order valence-electron chi connectivity index (χ3n) is 2.05. The van der Waals surface area contributed by atoms with Gasteiger partial charge in [0.2, 0.25) is 5.91 Å². The fourth-order valence-electron chi connectivity index (χ4n) is 1.22. The van der Waals surface area contributed by atoms with Gasteiger partial charge >= 0.3 is 0 Å². The van der Waals surface area contributed by atoms with Gasteiger partial charge in [-0.15, -0.1) is 0 Å². The van der Waals surface area contributed by atoms with Crippen LogP contribution in [0, 0.1) is 11.3 Å². The molecule has 4 nitrogen and oxygen atoms in total. The molecule has 0 atom stereocenters. The Bertz CT molecular complexity index is 198.